The zero-order valence-electron chi connectivity index (χ0n) is 8.29. The monoisotopic (exact) mass is 176 g/mol. The van der Waals surface area contributed by atoms with Crippen LogP contribution in [-0.4, -0.2) is 7.11 Å². The fourth-order valence-electron chi connectivity index (χ4n) is 1.49. The van der Waals surface area contributed by atoms with E-state index in [1.54, 1.807) is 7.11 Å². The Kier molecular flexibility index (Phi) is 3.56. The van der Waals surface area contributed by atoms with E-state index in [9.17, 15) is 0 Å². The molecule has 1 rings (SSSR count). The summed E-state index contributed by atoms with van der Waals surface area (Å²) in [4.78, 5) is 0. The summed E-state index contributed by atoms with van der Waals surface area (Å²) in [6.07, 6.45) is 3.03. The molecular weight excluding hydrogens is 160 g/mol. The molecule has 13 heavy (non-hydrogen) atoms. The van der Waals surface area contributed by atoms with Gasteiger partial charge in [0.15, 0.2) is 0 Å². The van der Waals surface area contributed by atoms with Crippen LogP contribution in [0.15, 0.2) is 36.9 Å². The van der Waals surface area contributed by atoms with Crippen LogP contribution in [0.4, 0.5) is 0 Å². The first-order valence-corrected chi connectivity index (χ1v) is 4.59. The molecule has 1 heteroatoms. The third-order valence-electron chi connectivity index (χ3n) is 2.26. The number of allylic oxidation sites excluding steroid dienone is 1. The summed E-state index contributed by atoms with van der Waals surface area (Å²) >= 11 is 0. The number of hydrogen-bond acceptors (Lipinski definition) is 1. The highest BCUT2D eigenvalue weighted by Crippen LogP contribution is 2.28. The molecule has 0 saturated heterocycles. The van der Waals surface area contributed by atoms with Gasteiger partial charge in [-0.1, -0.05) is 31.2 Å². The van der Waals surface area contributed by atoms with Crippen LogP contribution in [0.5, 0.6) is 5.75 Å². The first kappa shape index (κ1) is 9.85. The van der Waals surface area contributed by atoms with Crippen molar-refractivity contribution in [3.63, 3.8) is 0 Å². The second-order valence-electron chi connectivity index (χ2n) is 2.99. The summed E-state index contributed by atoms with van der Waals surface area (Å²) in [5.74, 6) is 1.35. The smallest absolute Gasteiger partial charge is 0.122 e. The van der Waals surface area contributed by atoms with Crippen LogP contribution in [0.2, 0.25) is 0 Å². The summed E-state index contributed by atoms with van der Waals surface area (Å²) in [7, 11) is 1.70. The molecule has 0 aliphatic heterocycles. The first-order chi connectivity index (χ1) is 6.33. The van der Waals surface area contributed by atoms with Gasteiger partial charge >= 0.3 is 0 Å². The van der Waals surface area contributed by atoms with Gasteiger partial charge in [-0.25, -0.2) is 0 Å². The summed E-state index contributed by atoms with van der Waals surface area (Å²) in [6.45, 7) is 5.98. The average Bonchev–Trinajstić information content (AvgIpc) is 2.20. The normalized spacial score (nSPS) is 12.2. The Morgan fingerprint density at radius 1 is 1.46 bits per heavy atom. The molecule has 0 N–H and O–H groups in total. The zero-order valence-corrected chi connectivity index (χ0v) is 8.29. The van der Waals surface area contributed by atoms with E-state index >= 15 is 0 Å². The van der Waals surface area contributed by atoms with Gasteiger partial charge in [0.25, 0.3) is 0 Å². The largest absolute Gasteiger partial charge is 0.496 e. The summed E-state index contributed by atoms with van der Waals surface area (Å²) < 4.78 is 5.28. The van der Waals surface area contributed by atoms with Gasteiger partial charge in [-0.2, -0.15) is 0 Å². The number of benzene rings is 1. The van der Waals surface area contributed by atoms with Crippen molar-refractivity contribution in [2.45, 2.75) is 19.3 Å². The molecule has 1 aromatic rings. The predicted molar refractivity (Wildman–Crippen MR) is 56.2 cm³/mol. The van der Waals surface area contributed by atoms with Crippen molar-refractivity contribution in [3.8, 4) is 5.75 Å². The summed E-state index contributed by atoms with van der Waals surface area (Å²) in [5.41, 5.74) is 1.22. The summed E-state index contributed by atoms with van der Waals surface area (Å²) in [6, 6.07) is 8.10. The van der Waals surface area contributed by atoms with Crippen LogP contribution in [0.3, 0.4) is 0 Å². The maximum Gasteiger partial charge on any atom is 0.122 e. The van der Waals surface area contributed by atoms with Crippen LogP contribution in [0.1, 0.15) is 24.8 Å². The van der Waals surface area contributed by atoms with Crippen molar-refractivity contribution in [2.24, 2.45) is 0 Å². The Labute approximate surface area is 80.0 Å². The lowest BCUT2D eigenvalue weighted by molar-refractivity contribution is 0.407. The maximum atomic E-state index is 5.28. The van der Waals surface area contributed by atoms with E-state index < -0.39 is 0 Å². The quantitative estimate of drug-likeness (QED) is 0.639. The lowest BCUT2D eigenvalue weighted by atomic mass is 9.96. The third-order valence-corrected chi connectivity index (χ3v) is 2.26. The summed E-state index contributed by atoms with van der Waals surface area (Å²) in [5, 5.41) is 0. The zero-order chi connectivity index (χ0) is 9.68. The predicted octanol–water partition coefficient (Wildman–Crippen LogP) is 3.37. The van der Waals surface area contributed by atoms with E-state index in [4.69, 9.17) is 4.74 Å². The van der Waals surface area contributed by atoms with Crippen molar-refractivity contribution < 1.29 is 4.74 Å². The first-order valence-electron chi connectivity index (χ1n) is 4.59. The molecule has 1 atom stereocenters. The highest BCUT2D eigenvalue weighted by molar-refractivity contribution is 5.37. The standard InChI is InChI=1S/C12H16O/c1-4-10(5-2)11-8-6-7-9-12(11)13-3/h4,6-10H,1,5H2,2-3H3. The number of rotatable bonds is 4. The minimum Gasteiger partial charge on any atom is -0.496 e. The molecule has 0 spiro atoms. The molecule has 0 radical (unpaired) electrons. The van der Waals surface area contributed by atoms with Crippen LogP contribution in [0, 0.1) is 0 Å². The molecule has 0 aromatic heterocycles. The fourth-order valence-corrected chi connectivity index (χ4v) is 1.49. The lowest BCUT2D eigenvalue weighted by Crippen LogP contribution is -1.96. The molecular formula is C12H16O. The Hall–Kier alpha value is -1.24. The minimum atomic E-state index is 0.399. The van der Waals surface area contributed by atoms with Crippen molar-refractivity contribution >= 4 is 0 Å². The van der Waals surface area contributed by atoms with Gasteiger partial charge in [-0.3, -0.25) is 0 Å². The van der Waals surface area contributed by atoms with Gasteiger partial charge in [0.05, 0.1) is 7.11 Å². The fraction of sp³-hybridized carbons (Fsp3) is 0.333. The second kappa shape index (κ2) is 4.70. The van der Waals surface area contributed by atoms with Gasteiger partial charge < -0.3 is 4.74 Å². The van der Waals surface area contributed by atoms with E-state index in [1.807, 2.05) is 24.3 Å². The Morgan fingerprint density at radius 2 is 2.15 bits per heavy atom. The average molecular weight is 176 g/mol. The molecule has 0 aliphatic rings. The van der Waals surface area contributed by atoms with Crippen molar-refractivity contribution in [1.82, 2.24) is 0 Å². The lowest BCUT2D eigenvalue weighted by Gasteiger charge is -2.13. The molecule has 0 fully saturated rings. The Bertz CT molecular complexity index is 278. The van der Waals surface area contributed by atoms with Crippen LogP contribution >= 0.6 is 0 Å². The molecule has 70 valence electrons. The van der Waals surface area contributed by atoms with Crippen LogP contribution < -0.4 is 4.74 Å². The number of methoxy groups -OCH3 is 1. The molecule has 0 saturated carbocycles. The SMILES string of the molecule is C=CC(CC)c1ccccc1OC. The molecule has 1 aromatic carbocycles. The van der Waals surface area contributed by atoms with Gasteiger partial charge in [0.1, 0.15) is 5.75 Å². The van der Waals surface area contributed by atoms with Crippen molar-refractivity contribution in [3.05, 3.63) is 42.5 Å². The van der Waals surface area contributed by atoms with Crippen molar-refractivity contribution in [2.75, 3.05) is 7.11 Å². The van der Waals surface area contributed by atoms with E-state index in [0.29, 0.717) is 5.92 Å². The molecule has 0 bridgehead atoms. The van der Waals surface area contributed by atoms with E-state index in [2.05, 4.69) is 19.6 Å². The van der Waals surface area contributed by atoms with Gasteiger partial charge in [-0.15, -0.1) is 6.58 Å². The van der Waals surface area contributed by atoms with E-state index in [-0.39, 0.29) is 0 Å². The highest BCUT2D eigenvalue weighted by Gasteiger charge is 2.09. The van der Waals surface area contributed by atoms with Gasteiger partial charge in [-0.05, 0) is 12.5 Å². The Balaban J connectivity index is 3.03. The number of hydrogen-bond donors (Lipinski definition) is 0. The molecule has 0 aliphatic carbocycles. The van der Waals surface area contributed by atoms with Gasteiger partial charge in [0.2, 0.25) is 0 Å². The van der Waals surface area contributed by atoms with E-state index in [1.165, 1.54) is 5.56 Å². The number of ether oxygens (including phenoxy) is 1. The topological polar surface area (TPSA) is 9.23 Å². The maximum absolute atomic E-state index is 5.28. The second-order valence-corrected chi connectivity index (χ2v) is 2.99. The third kappa shape index (κ3) is 2.11. The molecule has 1 unspecified atom stereocenters. The van der Waals surface area contributed by atoms with Gasteiger partial charge in [0, 0.05) is 11.5 Å². The Morgan fingerprint density at radius 3 is 2.69 bits per heavy atom. The van der Waals surface area contributed by atoms with Crippen molar-refractivity contribution in [1.29, 1.82) is 0 Å². The van der Waals surface area contributed by atoms with Crippen LogP contribution in [-0.2, 0) is 0 Å². The van der Waals surface area contributed by atoms with Crippen LogP contribution in [0.25, 0.3) is 0 Å². The molecule has 0 amide bonds. The minimum absolute atomic E-state index is 0.399. The number of para-hydroxylation sites is 1. The highest BCUT2D eigenvalue weighted by atomic mass is 16.5. The molecule has 1 nitrogen and oxygen atoms in total. The molecule has 0 heterocycles. The van der Waals surface area contributed by atoms with E-state index in [0.717, 1.165) is 12.2 Å².